The third-order valence-corrected chi connectivity index (χ3v) is 4.70. The second-order valence-corrected chi connectivity index (χ2v) is 6.62. The van der Waals surface area contributed by atoms with E-state index < -0.39 is 0 Å². The highest BCUT2D eigenvalue weighted by Gasteiger charge is 2.20. The number of aromatic nitrogens is 1. The van der Waals surface area contributed by atoms with Crippen molar-refractivity contribution in [2.75, 3.05) is 32.0 Å². The minimum Gasteiger partial charge on any atom is -0.380 e. The summed E-state index contributed by atoms with van der Waals surface area (Å²) >= 11 is 0. The summed E-state index contributed by atoms with van der Waals surface area (Å²) in [5, 5.41) is 4.93. The second-order valence-electron chi connectivity index (χ2n) is 6.62. The molecule has 0 bridgehead atoms. The number of anilines is 1. The van der Waals surface area contributed by atoms with Crippen molar-refractivity contribution in [3.8, 4) is 0 Å². The van der Waals surface area contributed by atoms with Gasteiger partial charge < -0.3 is 10.2 Å². The Morgan fingerprint density at radius 1 is 1.26 bits per heavy atom. The van der Waals surface area contributed by atoms with E-state index in [9.17, 15) is 0 Å². The average molecular weight is 306 g/mol. The topological polar surface area (TPSA) is 40.5 Å². The van der Waals surface area contributed by atoms with Crippen molar-refractivity contribution >= 4 is 28.4 Å². The van der Waals surface area contributed by atoms with Crippen LogP contribution in [0.3, 0.4) is 0 Å². The van der Waals surface area contributed by atoms with Gasteiger partial charge in [-0.15, -0.1) is 0 Å². The van der Waals surface area contributed by atoms with E-state index in [4.69, 9.17) is 4.98 Å². The van der Waals surface area contributed by atoms with Gasteiger partial charge in [0.15, 0.2) is 0 Å². The van der Waals surface area contributed by atoms with Crippen LogP contribution >= 0.6 is 0 Å². The zero-order valence-corrected chi connectivity index (χ0v) is 13.7. The molecule has 4 nitrogen and oxygen atoms in total. The summed E-state index contributed by atoms with van der Waals surface area (Å²) in [7, 11) is 2.18. The molecule has 0 saturated carbocycles. The maximum absolute atomic E-state index is 4.74. The number of nitrogens with one attached hydrogen (secondary N) is 1. The van der Waals surface area contributed by atoms with Crippen LogP contribution in [0.5, 0.6) is 0 Å². The molecule has 1 aromatic heterocycles. The van der Waals surface area contributed by atoms with Gasteiger partial charge in [-0.1, -0.05) is 12.1 Å². The highest BCUT2D eigenvalue weighted by atomic mass is 15.2. The van der Waals surface area contributed by atoms with Gasteiger partial charge in [-0.25, -0.2) is 0 Å². The van der Waals surface area contributed by atoms with Crippen molar-refractivity contribution in [3.63, 3.8) is 0 Å². The van der Waals surface area contributed by atoms with Gasteiger partial charge in [0.25, 0.3) is 0 Å². The summed E-state index contributed by atoms with van der Waals surface area (Å²) in [5.74, 6) is 0. The number of likely N-dealkylation sites (N-methyl/N-ethyl adjacent to an activating group) is 1. The molecule has 4 heteroatoms. The summed E-state index contributed by atoms with van der Waals surface area (Å²) in [6.45, 7) is 5.11. The molecule has 118 valence electrons. The molecule has 1 N–H and O–H groups in total. The van der Waals surface area contributed by atoms with Crippen LogP contribution in [0.1, 0.15) is 17.7 Å². The molecule has 4 rings (SSSR count). The third-order valence-electron chi connectivity index (χ3n) is 4.70. The van der Waals surface area contributed by atoms with Crippen molar-refractivity contribution in [2.24, 2.45) is 4.99 Å². The SMILES string of the molecule is Cc1cc(N[C@H]2CCN(C)C2)c2ccc(C3=CC=NC3)cc2n1. The Labute approximate surface area is 136 Å². The number of allylic oxidation sites excluding steroid dienone is 1. The van der Waals surface area contributed by atoms with Gasteiger partial charge in [0.2, 0.25) is 0 Å². The van der Waals surface area contributed by atoms with E-state index in [2.05, 4.69) is 59.5 Å². The number of fused-ring (bicyclic) bond motifs is 1. The zero-order valence-electron chi connectivity index (χ0n) is 13.7. The number of benzene rings is 1. The van der Waals surface area contributed by atoms with Crippen LogP contribution < -0.4 is 5.32 Å². The molecular weight excluding hydrogens is 284 g/mol. The van der Waals surface area contributed by atoms with Crippen molar-refractivity contribution in [1.82, 2.24) is 9.88 Å². The molecule has 1 atom stereocenters. The lowest BCUT2D eigenvalue weighted by Crippen LogP contribution is -2.23. The Kier molecular flexibility index (Phi) is 3.62. The van der Waals surface area contributed by atoms with Crippen LogP contribution in [0.15, 0.2) is 35.3 Å². The van der Waals surface area contributed by atoms with Gasteiger partial charge in [-0.2, -0.15) is 0 Å². The summed E-state index contributed by atoms with van der Waals surface area (Å²) in [5.41, 5.74) is 5.81. The van der Waals surface area contributed by atoms with Crippen molar-refractivity contribution < 1.29 is 0 Å². The van der Waals surface area contributed by atoms with Crippen LogP contribution in [0, 0.1) is 6.92 Å². The van der Waals surface area contributed by atoms with E-state index in [1.807, 2.05) is 6.21 Å². The van der Waals surface area contributed by atoms with Crippen LogP contribution in [-0.4, -0.2) is 48.8 Å². The summed E-state index contributed by atoms with van der Waals surface area (Å²) in [6.07, 6.45) is 5.17. The Balaban J connectivity index is 1.70. The first kappa shape index (κ1) is 14.4. The number of aliphatic imine (C=N–C) groups is 1. The van der Waals surface area contributed by atoms with E-state index in [1.54, 1.807) is 0 Å². The minimum atomic E-state index is 0.524. The fourth-order valence-electron chi connectivity index (χ4n) is 3.49. The average Bonchev–Trinajstić information content (AvgIpc) is 3.18. The van der Waals surface area contributed by atoms with Gasteiger partial charge in [-0.05, 0) is 56.3 Å². The van der Waals surface area contributed by atoms with E-state index in [-0.39, 0.29) is 0 Å². The van der Waals surface area contributed by atoms with Gasteiger partial charge in [-0.3, -0.25) is 9.98 Å². The van der Waals surface area contributed by atoms with Crippen LogP contribution in [0.25, 0.3) is 16.5 Å². The van der Waals surface area contributed by atoms with Crippen molar-refractivity contribution in [3.05, 3.63) is 41.6 Å². The van der Waals surface area contributed by atoms with Gasteiger partial charge >= 0.3 is 0 Å². The van der Waals surface area contributed by atoms with Crippen LogP contribution in [0.2, 0.25) is 0 Å². The number of pyridine rings is 1. The lowest BCUT2D eigenvalue weighted by atomic mass is 10.0. The first-order valence-electron chi connectivity index (χ1n) is 8.25. The lowest BCUT2D eigenvalue weighted by molar-refractivity contribution is 0.414. The van der Waals surface area contributed by atoms with Crippen LogP contribution in [0.4, 0.5) is 5.69 Å². The van der Waals surface area contributed by atoms with Crippen molar-refractivity contribution in [2.45, 2.75) is 19.4 Å². The molecule has 2 aliphatic heterocycles. The van der Waals surface area contributed by atoms with Gasteiger partial charge in [0.05, 0.1) is 12.1 Å². The Morgan fingerprint density at radius 3 is 2.91 bits per heavy atom. The lowest BCUT2D eigenvalue weighted by Gasteiger charge is -2.17. The van der Waals surface area contributed by atoms with Gasteiger partial charge in [0.1, 0.15) is 0 Å². The quantitative estimate of drug-likeness (QED) is 0.947. The predicted octanol–water partition coefficient (Wildman–Crippen LogP) is 3.13. The molecule has 1 aromatic carbocycles. The monoisotopic (exact) mass is 306 g/mol. The van der Waals surface area contributed by atoms with E-state index in [0.717, 1.165) is 30.8 Å². The standard InChI is InChI=1S/C19H22N4/c1-13-9-18(22-16-6-8-23(2)12-16)17-4-3-14(10-19(17)21-13)15-5-7-20-11-15/h3-5,7,9-10,16H,6,8,11-12H2,1-2H3,(H,21,22)/t16-/m0/s1. The number of hydrogen-bond acceptors (Lipinski definition) is 4. The van der Waals surface area contributed by atoms with E-state index in [1.165, 1.54) is 28.6 Å². The first-order valence-corrected chi connectivity index (χ1v) is 8.25. The molecule has 0 radical (unpaired) electrons. The Morgan fingerprint density at radius 2 is 2.17 bits per heavy atom. The normalized spacial score (nSPS) is 21.1. The highest BCUT2D eigenvalue weighted by molar-refractivity contribution is 5.96. The predicted molar refractivity (Wildman–Crippen MR) is 97.3 cm³/mol. The molecule has 0 aliphatic carbocycles. The number of hydrogen-bond donors (Lipinski definition) is 1. The highest BCUT2D eigenvalue weighted by Crippen LogP contribution is 2.28. The summed E-state index contributed by atoms with van der Waals surface area (Å²) in [4.78, 5) is 11.4. The maximum Gasteiger partial charge on any atom is 0.0732 e. The maximum atomic E-state index is 4.74. The molecule has 23 heavy (non-hydrogen) atoms. The summed E-state index contributed by atoms with van der Waals surface area (Å²) < 4.78 is 0. The molecule has 0 spiro atoms. The van der Waals surface area contributed by atoms with Crippen LogP contribution in [-0.2, 0) is 0 Å². The van der Waals surface area contributed by atoms with Gasteiger partial charge in [0, 0.05) is 35.6 Å². The molecule has 1 saturated heterocycles. The number of likely N-dealkylation sites (tertiary alicyclic amines) is 1. The number of aryl methyl sites for hydroxylation is 1. The second kappa shape index (κ2) is 5.78. The van der Waals surface area contributed by atoms with E-state index >= 15 is 0 Å². The summed E-state index contributed by atoms with van der Waals surface area (Å²) in [6, 6.07) is 9.26. The molecule has 0 unspecified atom stereocenters. The Hall–Kier alpha value is -2.20. The minimum absolute atomic E-state index is 0.524. The largest absolute Gasteiger partial charge is 0.380 e. The fourth-order valence-corrected chi connectivity index (χ4v) is 3.49. The number of nitrogens with zero attached hydrogens (tertiary/aromatic N) is 3. The Bertz CT molecular complexity index is 806. The molecular formula is C19H22N4. The molecule has 2 aromatic rings. The van der Waals surface area contributed by atoms with Crippen molar-refractivity contribution in [1.29, 1.82) is 0 Å². The zero-order chi connectivity index (χ0) is 15.8. The number of rotatable bonds is 3. The first-order chi connectivity index (χ1) is 11.2. The molecule has 3 heterocycles. The third kappa shape index (κ3) is 2.86. The molecule has 0 amide bonds. The molecule has 1 fully saturated rings. The fraction of sp³-hybridized carbons (Fsp3) is 0.368. The van der Waals surface area contributed by atoms with E-state index in [0.29, 0.717) is 6.04 Å². The smallest absolute Gasteiger partial charge is 0.0732 e. The molecule has 2 aliphatic rings.